The molecule has 1 aromatic heterocycles. The number of aromatic nitrogens is 2. The maximum atomic E-state index is 5.73. The minimum absolute atomic E-state index is 0.566. The summed E-state index contributed by atoms with van der Waals surface area (Å²) >= 11 is 0. The number of aryl methyl sites for hydroxylation is 1. The molecule has 0 fully saturated rings. The van der Waals surface area contributed by atoms with Crippen LogP contribution in [0.1, 0.15) is 31.2 Å². The number of hydrogen-bond donors (Lipinski definition) is 2. The lowest BCUT2D eigenvalue weighted by Gasteiger charge is -2.09. The van der Waals surface area contributed by atoms with Gasteiger partial charge in [0.05, 0.1) is 0 Å². The summed E-state index contributed by atoms with van der Waals surface area (Å²) in [6.45, 7) is 6.88. The molecule has 0 aliphatic carbocycles. The van der Waals surface area contributed by atoms with E-state index in [1.165, 1.54) is 6.42 Å². The number of hydrogen-bond acceptors (Lipinski definition) is 4. The van der Waals surface area contributed by atoms with Gasteiger partial charge in [-0.15, -0.1) is 0 Å². The highest BCUT2D eigenvalue weighted by molar-refractivity contribution is 5.54. The fourth-order valence-electron chi connectivity index (χ4n) is 1.21. The van der Waals surface area contributed by atoms with Gasteiger partial charge in [-0.3, -0.25) is 0 Å². The van der Waals surface area contributed by atoms with E-state index in [1.54, 1.807) is 0 Å². The molecule has 0 radical (unpaired) electrons. The van der Waals surface area contributed by atoms with Gasteiger partial charge in [-0.25, -0.2) is 9.97 Å². The van der Waals surface area contributed by atoms with Crippen LogP contribution in [0.5, 0.6) is 0 Å². The third kappa shape index (κ3) is 2.58. The van der Waals surface area contributed by atoms with Gasteiger partial charge in [-0.05, 0) is 20.3 Å². The van der Waals surface area contributed by atoms with Crippen LogP contribution in [0, 0.1) is 13.8 Å². The molecule has 0 unspecified atom stereocenters. The Morgan fingerprint density at radius 3 is 2.64 bits per heavy atom. The van der Waals surface area contributed by atoms with Crippen molar-refractivity contribution in [1.29, 1.82) is 0 Å². The first-order valence-electron chi connectivity index (χ1n) is 4.99. The van der Waals surface area contributed by atoms with Crippen molar-refractivity contribution in [3.05, 3.63) is 11.4 Å². The zero-order chi connectivity index (χ0) is 10.6. The molecule has 0 aliphatic rings. The second kappa shape index (κ2) is 4.79. The summed E-state index contributed by atoms with van der Waals surface area (Å²) in [6, 6.07) is 0. The van der Waals surface area contributed by atoms with Crippen LogP contribution in [0.15, 0.2) is 0 Å². The predicted molar refractivity (Wildman–Crippen MR) is 59.3 cm³/mol. The molecule has 0 atom stereocenters. The van der Waals surface area contributed by atoms with Gasteiger partial charge in [0.15, 0.2) is 0 Å². The molecule has 14 heavy (non-hydrogen) atoms. The van der Waals surface area contributed by atoms with Crippen LogP contribution in [0.3, 0.4) is 0 Å². The Balaban J connectivity index is 2.75. The molecule has 0 spiro atoms. The Bertz CT molecular complexity index is 309. The van der Waals surface area contributed by atoms with E-state index < -0.39 is 0 Å². The fraction of sp³-hybridized carbons (Fsp3) is 0.600. The first-order chi connectivity index (χ1) is 6.65. The fourth-order valence-corrected chi connectivity index (χ4v) is 1.21. The molecule has 0 bridgehead atoms. The molecule has 0 saturated heterocycles. The van der Waals surface area contributed by atoms with E-state index in [0.717, 1.165) is 24.3 Å². The van der Waals surface area contributed by atoms with Crippen molar-refractivity contribution >= 4 is 11.6 Å². The van der Waals surface area contributed by atoms with Crippen molar-refractivity contribution in [2.24, 2.45) is 0 Å². The molecule has 1 heterocycles. The Morgan fingerprint density at radius 1 is 1.29 bits per heavy atom. The van der Waals surface area contributed by atoms with E-state index in [-0.39, 0.29) is 0 Å². The van der Waals surface area contributed by atoms with Crippen molar-refractivity contribution in [3.8, 4) is 0 Å². The Hall–Kier alpha value is -1.32. The van der Waals surface area contributed by atoms with Crippen molar-refractivity contribution in [2.75, 3.05) is 17.6 Å². The lowest BCUT2D eigenvalue weighted by molar-refractivity contribution is 0.828. The van der Waals surface area contributed by atoms with Gasteiger partial charge in [0.2, 0.25) is 0 Å². The summed E-state index contributed by atoms with van der Waals surface area (Å²) in [7, 11) is 0. The molecular formula is C10H18N4. The molecule has 0 amide bonds. The summed E-state index contributed by atoms with van der Waals surface area (Å²) in [5, 5.41) is 3.26. The number of nitrogen functional groups attached to an aromatic ring is 1. The highest BCUT2D eigenvalue weighted by Gasteiger charge is 2.04. The number of unbranched alkanes of at least 4 members (excludes halogenated alkanes) is 1. The molecule has 1 aromatic rings. The third-order valence-corrected chi connectivity index (χ3v) is 2.12. The number of nitrogens with two attached hydrogens (primary N) is 1. The summed E-state index contributed by atoms with van der Waals surface area (Å²) in [5.41, 5.74) is 6.67. The maximum Gasteiger partial charge on any atom is 0.134 e. The normalized spacial score (nSPS) is 10.2. The van der Waals surface area contributed by atoms with Crippen LogP contribution >= 0.6 is 0 Å². The highest BCUT2D eigenvalue weighted by Crippen LogP contribution is 2.16. The Morgan fingerprint density at radius 2 is 2.00 bits per heavy atom. The van der Waals surface area contributed by atoms with Gasteiger partial charge in [0.25, 0.3) is 0 Å². The van der Waals surface area contributed by atoms with E-state index in [9.17, 15) is 0 Å². The second-order valence-corrected chi connectivity index (χ2v) is 3.41. The predicted octanol–water partition coefficient (Wildman–Crippen LogP) is 1.89. The van der Waals surface area contributed by atoms with Gasteiger partial charge in [0.1, 0.15) is 17.5 Å². The standard InChI is InChI=1S/C10H18N4/c1-4-5-6-12-10-7(2)9(11)13-8(3)14-10/h4-6H2,1-3H3,(H3,11,12,13,14). The monoisotopic (exact) mass is 194 g/mol. The van der Waals surface area contributed by atoms with Crippen molar-refractivity contribution in [3.63, 3.8) is 0 Å². The van der Waals surface area contributed by atoms with Crippen LogP contribution < -0.4 is 11.1 Å². The van der Waals surface area contributed by atoms with Crippen molar-refractivity contribution < 1.29 is 0 Å². The summed E-state index contributed by atoms with van der Waals surface area (Å²) in [6.07, 6.45) is 2.31. The van der Waals surface area contributed by atoms with Crippen molar-refractivity contribution in [1.82, 2.24) is 9.97 Å². The van der Waals surface area contributed by atoms with Crippen LogP contribution in [-0.4, -0.2) is 16.5 Å². The van der Waals surface area contributed by atoms with Crippen LogP contribution in [-0.2, 0) is 0 Å². The van der Waals surface area contributed by atoms with E-state index in [4.69, 9.17) is 5.73 Å². The van der Waals surface area contributed by atoms with Gasteiger partial charge >= 0.3 is 0 Å². The van der Waals surface area contributed by atoms with Crippen LogP contribution in [0.25, 0.3) is 0 Å². The van der Waals surface area contributed by atoms with Crippen LogP contribution in [0.4, 0.5) is 11.6 Å². The molecule has 0 aliphatic heterocycles. The lowest BCUT2D eigenvalue weighted by Crippen LogP contribution is -2.09. The van der Waals surface area contributed by atoms with E-state index >= 15 is 0 Å². The summed E-state index contributed by atoms with van der Waals surface area (Å²) in [4.78, 5) is 8.39. The number of anilines is 2. The minimum atomic E-state index is 0.566. The van der Waals surface area contributed by atoms with E-state index in [0.29, 0.717) is 11.6 Å². The highest BCUT2D eigenvalue weighted by atomic mass is 15.0. The molecule has 0 aromatic carbocycles. The number of nitrogens with one attached hydrogen (secondary N) is 1. The molecular weight excluding hydrogens is 176 g/mol. The smallest absolute Gasteiger partial charge is 0.134 e. The van der Waals surface area contributed by atoms with Gasteiger partial charge in [-0.1, -0.05) is 13.3 Å². The quantitative estimate of drug-likeness (QED) is 0.718. The average molecular weight is 194 g/mol. The zero-order valence-electron chi connectivity index (χ0n) is 9.09. The molecule has 3 N–H and O–H groups in total. The molecule has 0 saturated carbocycles. The maximum absolute atomic E-state index is 5.73. The first kappa shape index (κ1) is 10.8. The molecule has 78 valence electrons. The summed E-state index contributed by atoms with van der Waals surface area (Å²) < 4.78 is 0. The molecule has 4 heteroatoms. The zero-order valence-corrected chi connectivity index (χ0v) is 9.09. The number of nitrogens with zero attached hydrogens (tertiary/aromatic N) is 2. The lowest BCUT2D eigenvalue weighted by atomic mass is 10.3. The second-order valence-electron chi connectivity index (χ2n) is 3.41. The number of rotatable bonds is 4. The van der Waals surface area contributed by atoms with Crippen LogP contribution in [0.2, 0.25) is 0 Å². The average Bonchev–Trinajstić information content (AvgIpc) is 2.13. The molecule has 1 rings (SSSR count). The van der Waals surface area contributed by atoms with Gasteiger partial charge < -0.3 is 11.1 Å². The minimum Gasteiger partial charge on any atom is -0.383 e. The Labute approximate surface area is 85.0 Å². The first-order valence-corrected chi connectivity index (χ1v) is 4.99. The van der Waals surface area contributed by atoms with E-state index in [2.05, 4.69) is 22.2 Å². The molecule has 4 nitrogen and oxygen atoms in total. The van der Waals surface area contributed by atoms with Gasteiger partial charge in [0, 0.05) is 12.1 Å². The SMILES string of the molecule is CCCCNc1nc(C)nc(N)c1C. The topological polar surface area (TPSA) is 63.8 Å². The largest absolute Gasteiger partial charge is 0.383 e. The Kier molecular flexibility index (Phi) is 3.68. The summed E-state index contributed by atoms with van der Waals surface area (Å²) in [5.74, 6) is 2.15. The third-order valence-electron chi connectivity index (χ3n) is 2.12. The van der Waals surface area contributed by atoms with Crippen molar-refractivity contribution in [2.45, 2.75) is 33.6 Å². The van der Waals surface area contributed by atoms with E-state index in [1.807, 2.05) is 13.8 Å². The van der Waals surface area contributed by atoms with Gasteiger partial charge in [-0.2, -0.15) is 0 Å².